The summed E-state index contributed by atoms with van der Waals surface area (Å²) in [5.74, 6) is -0.691. The number of carboxylic acid groups (broad SMARTS) is 1. The van der Waals surface area contributed by atoms with Crippen LogP contribution in [0.15, 0.2) is 0 Å². The fourth-order valence-electron chi connectivity index (χ4n) is 2.88. The van der Waals surface area contributed by atoms with Crippen molar-refractivity contribution in [1.82, 2.24) is 9.80 Å². The van der Waals surface area contributed by atoms with Gasteiger partial charge in [0.05, 0.1) is 6.54 Å². The average Bonchev–Trinajstić information content (AvgIpc) is 2.40. The van der Waals surface area contributed by atoms with E-state index < -0.39 is 12.0 Å². The van der Waals surface area contributed by atoms with Crippen molar-refractivity contribution in [2.45, 2.75) is 44.6 Å². The van der Waals surface area contributed by atoms with Gasteiger partial charge in [0.25, 0.3) is 0 Å². The topological polar surface area (TPSA) is 60.9 Å². The third-order valence-corrected chi connectivity index (χ3v) is 3.95. The summed E-state index contributed by atoms with van der Waals surface area (Å²) < 4.78 is 0. The van der Waals surface area contributed by atoms with E-state index in [1.807, 2.05) is 9.80 Å². The lowest BCUT2D eigenvalue weighted by Gasteiger charge is -2.35. The molecule has 2 rings (SSSR count). The fraction of sp³-hybridized carbons (Fsp3) is 0.846. The Morgan fingerprint density at radius 3 is 2.26 bits per heavy atom. The predicted molar refractivity (Wildman–Crippen MR) is 74.5 cm³/mol. The fourth-order valence-corrected chi connectivity index (χ4v) is 2.88. The van der Waals surface area contributed by atoms with Crippen molar-refractivity contribution in [3.8, 4) is 0 Å². The highest BCUT2D eigenvalue weighted by atomic mass is 35.5. The maximum atomic E-state index is 12.1. The molecule has 5 nitrogen and oxygen atoms in total. The van der Waals surface area contributed by atoms with E-state index >= 15 is 0 Å². The summed E-state index contributed by atoms with van der Waals surface area (Å²) in [6, 6.07) is -0.465. The summed E-state index contributed by atoms with van der Waals surface area (Å²) in [7, 11) is 0. The molecule has 2 heterocycles. The van der Waals surface area contributed by atoms with Crippen LogP contribution >= 0.6 is 12.4 Å². The number of likely N-dealkylation sites (tertiary alicyclic amines) is 2. The largest absolute Gasteiger partial charge is 0.480 e. The lowest BCUT2D eigenvalue weighted by atomic mass is 10.0. The quantitative estimate of drug-likeness (QED) is 0.852. The van der Waals surface area contributed by atoms with Crippen LogP contribution in [0.25, 0.3) is 0 Å². The first-order valence-corrected chi connectivity index (χ1v) is 6.93. The molecule has 0 bridgehead atoms. The predicted octanol–water partition coefficient (Wildman–Crippen LogP) is 1.36. The Morgan fingerprint density at radius 2 is 1.63 bits per heavy atom. The molecule has 0 spiro atoms. The second kappa shape index (κ2) is 7.70. The van der Waals surface area contributed by atoms with Crippen molar-refractivity contribution in [1.29, 1.82) is 0 Å². The zero-order valence-electron chi connectivity index (χ0n) is 11.2. The van der Waals surface area contributed by atoms with Gasteiger partial charge in [-0.05, 0) is 38.6 Å². The molecule has 2 fully saturated rings. The third kappa shape index (κ3) is 4.35. The lowest BCUT2D eigenvalue weighted by molar-refractivity contribution is -0.146. The Kier molecular flexibility index (Phi) is 6.58. The minimum Gasteiger partial charge on any atom is -0.480 e. The summed E-state index contributed by atoms with van der Waals surface area (Å²) in [4.78, 5) is 27.0. The average molecular weight is 291 g/mol. The van der Waals surface area contributed by atoms with Crippen molar-refractivity contribution in [2.75, 3.05) is 26.2 Å². The van der Waals surface area contributed by atoms with Gasteiger partial charge in [-0.3, -0.25) is 14.5 Å². The molecular weight excluding hydrogens is 268 g/mol. The Balaban J connectivity index is 0.00000180. The van der Waals surface area contributed by atoms with Crippen LogP contribution in [-0.4, -0.2) is 59.0 Å². The highest BCUT2D eigenvalue weighted by molar-refractivity contribution is 5.85. The van der Waals surface area contributed by atoms with Crippen molar-refractivity contribution in [3.05, 3.63) is 0 Å². The number of piperidine rings is 2. The molecule has 0 aromatic carbocycles. The minimum absolute atomic E-state index is 0. The molecule has 2 aliphatic heterocycles. The highest BCUT2D eigenvalue weighted by Crippen LogP contribution is 2.18. The monoisotopic (exact) mass is 290 g/mol. The zero-order chi connectivity index (χ0) is 13.0. The van der Waals surface area contributed by atoms with Gasteiger partial charge in [-0.2, -0.15) is 0 Å². The molecule has 2 aliphatic rings. The maximum absolute atomic E-state index is 12.1. The molecule has 6 heteroatoms. The van der Waals surface area contributed by atoms with E-state index in [0.717, 1.165) is 45.3 Å². The molecule has 19 heavy (non-hydrogen) atoms. The van der Waals surface area contributed by atoms with Gasteiger partial charge in [0, 0.05) is 13.1 Å². The molecule has 0 aromatic rings. The first-order chi connectivity index (χ1) is 8.68. The Morgan fingerprint density at radius 1 is 1.00 bits per heavy atom. The van der Waals surface area contributed by atoms with Crippen molar-refractivity contribution < 1.29 is 14.7 Å². The molecule has 110 valence electrons. The van der Waals surface area contributed by atoms with Gasteiger partial charge in [0.15, 0.2) is 0 Å². The number of aliphatic carboxylic acids is 1. The van der Waals surface area contributed by atoms with Crippen molar-refractivity contribution in [2.24, 2.45) is 0 Å². The number of hydrogen-bond donors (Lipinski definition) is 1. The van der Waals surface area contributed by atoms with Crippen LogP contribution in [-0.2, 0) is 9.59 Å². The summed E-state index contributed by atoms with van der Waals surface area (Å²) in [6.45, 7) is 2.68. The molecule has 1 unspecified atom stereocenters. The summed E-state index contributed by atoms with van der Waals surface area (Å²) >= 11 is 0. The van der Waals surface area contributed by atoms with Gasteiger partial charge in [0.1, 0.15) is 6.04 Å². The Hall–Kier alpha value is -0.810. The van der Waals surface area contributed by atoms with Crippen LogP contribution in [0.2, 0.25) is 0 Å². The minimum atomic E-state index is -0.791. The number of carbonyl (C=O) groups is 2. The van der Waals surface area contributed by atoms with Crippen LogP contribution in [0.3, 0.4) is 0 Å². The first kappa shape index (κ1) is 16.2. The zero-order valence-corrected chi connectivity index (χ0v) is 12.0. The van der Waals surface area contributed by atoms with E-state index in [1.54, 1.807) is 0 Å². The second-order valence-electron chi connectivity index (χ2n) is 5.26. The van der Waals surface area contributed by atoms with Gasteiger partial charge < -0.3 is 10.0 Å². The van der Waals surface area contributed by atoms with Crippen molar-refractivity contribution in [3.63, 3.8) is 0 Å². The summed E-state index contributed by atoms with van der Waals surface area (Å²) in [6.07, 6.45) is 5.97. The molecule has 0 aliphatic carbocycles. The van der Waals surface area contributed by atoms with E-state index in [0.29, 0.717) is 6.42 Å². The number of carboxylic acids is 1. The van der Waals surface area contributed by atoms with Crippen LogP contribution < -0.4 is 0 Å². The standard InChI is InChI=1S/C13H22N2O3.ClH/c16-12(14-7-3-1-4-8-14)10-15-9-5-2-6-11(15)13(17)18;/h11H,1-10H2,(H,17,18);1H. The van der Waals surface area contributed by atoms with Crippen LogP contribution in [0, 0.1) is 0 Å². The van der Waals surface area contributed by atoms with Gasteiger partial charge in [-0.1, -0.05) is 6.42 Å². The number of amides is 1. The lowest BCUT2D eigenvalue weighted by Crippen LogP contribution is -2.50. The molecule has 1 N–H and O–H groups in total. The van der Waals surface area contributed by atoms with Gasteiger partial charge >= 0.3 is 5.97 Å². The second-order valence-corrected chi connectivity index (χ2v) is 5.26. The molecule has 2 saturated heterocycles. The third-order valence-electron chi connectivity index (χ3n) is 3.95. The normalized spacial score (nSPS) is 24.6. The van der Waals surface area contributed by atoms with Gasteiger partial charge in [-0.25, -0.2) is 0 Å². The molecule has 0 aromatic heterocycles. The molecule has 0 saturated carbocycles. The number of rotatable bonds is 3. The molecule has 0 radical (unpaired) electrons. The number of halogens is 1. The van der Waals surface area contributed by atoms with Gasteiger partial charge in [0.2, 0.25) is 5.91 Å². The number of carbonyl (C=O) groups excluding carboxylic acids is 1. The van der Waals surface area contributed by atoms with E-state index in [2.05, 4.69) is 0 Å². The maximum Gasteiger partial charge on any atom is 0.320 e. The SMILES string of the molecule is Cl.O=C(O)C1CCCCN1CC(=O)N1CCCCC1. The van der Waals surface area contributed by atoms with E-state index in [4.69, 9.17) is 5.11 Å². The molecular formula is C13H23ClN2O3. The van der Waals surface area contributed by atoms with Crippen molar-refractivity contribution >= 4 is 24.3 Å². The van der Waals surface area contributed by atoms with Crippen LogP contribution in [0.1, 0.15) is 38.5 Å². The van der Waals surface area contributed by atoms with Crippen LogP contribution in [0.4, 0.5) is 0 Å². The van der Waals surface area contributed by atoms with Gasteiger partial charge in [-0.15, -0.1) is 12.4 Å². The van der Waals surface area contributed by atoms with E-state index in [1.165, 1.54) is 6.42 Å². The van der Waals surface area contributed by atoms with E-state index in [9.17, 15) is 9.59 Å². The Labute approximate surface area is 120 Å². The first-order valence-electron chi connectivity index (χ1n) is 6.93. The Bertz CT molecular complexity index is 319. The smallest absolute Gasteiger partial charge is 0.320 e. The summed E-state index contributed by atoms with van der Waals surface area (Å²) in [5.41, 5.74) is 0. The van der Waals surface area contributed by atoms with Crippen LogP contribution in [0.5, 0.6) is 0 Å². The molecule has 1 atom stereocenters. The molecule has 1 amide bonds. The number of hydrogen-bond acceptors (Lipinski definition) is 3. The number of nitrogens with zero attached hydrogens (tertiary/aromatic N) is 2. The highest BCUT2D eigenvalue weighted by Gasteiger charge is 2.30. The summed E-state index contributed by atoms with van der Waals surface area (Å²) in [5, 5.41) is 9.17. The van der Waals surface area contributed by atoms with E-state index in [-0.39, 0.29) is 24.9 Å².